The molecule has 0 saturated carbocycles. The Morgan fingerprint density at radius 1 is 1.03 bits per heavy atom. The van der Waals surface area contributed by atoms with Crippen molar-refractivity contribution in [3.63, 3.8) is 0 Å². The van der Waals surface area contributed by atoms with Gasteiger partial charge in [-0.05, 0) is 49.6 Å². The molecule has 1 atom stereocenters. The highest BCUT2D eigenvalue weighted by molar-refractivity contribution is 7.92. The minimum absolute atomic E-state index is 0.0613. The van der Waals surface area contributed by atoms with E-state index in [1.54, 1.807) is 19.1 Å². The molecule has 0 aliphatic rings. The van der Waals surface area contributed by atoms with Crippen molar-refractivity contribution < 1.29 is 26.8 Å². The summed E-state index contributed by atoms with van der Waals surface area (Å²) in [6.07, 6.45) is 2.75. The number of halogens is 2. The van der Waals surface area contributed by atoms with E-state index < -0.39 is 27.7 Å². The zero-order valence-corrected chi connectivity index (χ0v) is 21.2. The van der Waals surface area contributed by atoms with Crippen LogP contribution in [0.1, 0.15) is 45.1 Å². The number of benzene rings is 2. The molecule has 0 fully saturated rings. The Balaban J connectivity index is 2.14. The topological polar surface area (TPSA) is 86.8 Å². The van der Waals surface area contributed by atoms with Gasteiger partial charge in [0, 0.05) is 26.1 Å². The lowest BCUT2D eigenvalue weighted by atomic mass is 10.1. The van der Waals surface area contributed by atoms with Crippen LogP contribution in [0, 0.1) is 11.6 Å². The molecule has 0 bridgehead atoms. The number of hydrogen-bond acceptors (Lipinski definition) is 4. The summed E-state index contributed by atoms with van der Waals surface area (Å²) < 4.78 is 53.0. The van der Waals surface area contributed by atoms with Crippen molar-refractivity contribution in [2.24, 2.45) is 0 Å². The maximum absolute atomic E-state index is 14.2. The Kier molecular flexibility index (Phi) is 10.6. The average molecular weight is 510 g/mol. The van der Waals surface area contributed by atoms with Crippen molar-refractivity contribution in [3.05, 3.63) is 65.7 Å². The van der Waals surface area contributed by atoms with E-state index in [0.717, 1.165) is 23.4 Å². The number of carbonyl (C=O) groups excluding carboxylic acids is 2. The van der Waals surface area contributed by atoms with Gasteiger partial charge in [-0.2, -0.15) is 0 Å². The van der Waals surface area contributed by atoms with Gasteiger partial charge in [0.05, 0.1) is 11.9 Å². The number of nitrogens with one attached hydrogen (secondary N) is 1. The summed E-state index contributed by atoms with van der Waals surface area (Å²) in [6.45, 7) is 4.09. The molecule has 0 aliphatic heterocycles. The first kappa shape index (κ1) is 28.2. The minimum atomic E-state index is -3.79. The molecule has 35 heavy (non-hydrogen) atoms. The highest BCUT2D eigenvalue weighted by Crippen LogP contribution is 2.22. The number of sulfonamides is 1. The van der Waals surface area contributed by atoms with Gasteiger partial charge in [0.15, 0.2) is 0 Å². The second-order valence-corrected chi connectivity index (χ2v) is 10.3. The molecular weight excluding hydrogens is 476 g/mol. The zero-order valence-electron chi connectivity index (χ0n) is 20.3. The standard InChI is InChI=1S/C25H33F2N3O4S/c1-4-5-16-28-25(32)19(2)29(18-20-12-14-21(26)15-13-20)24(31)11-8-17-30(35(3,33)34)23-10-7-6-9-22(23)27/h6-7,9-10,12-15,19H,4-5,8,11,16-18H2,1-3H3,(H,28,32). The molecule has 192 valence electrons. The van der Waals surface area contributed by atoms with Crippen LogP contribution in [-0.2, 0) is 26.2 Å². The van der Waals surface area contributed by atoms with Crippen molar-refractivity contribution in [1.82, 2.24) is 10.2 Å². The smallest absolute Gasteiger partial charge is 0.242 e. The number of nitrogens with zero attached hydrogens (tertiary/aromatic N) is 2. The molecule has 7 nitrogen and oxygen atoms in total. The van der Waals surface area contributed by atoms with Gasteiger partial charge >= 0.3 is 0 Å². The zero-order chi connectivity index (χ0) is 26.0. The highest BCUT2D eigenvalue weighted by atomic mass is 32.2. The third-order valence-electron chi connectivity index (χ3n) is 5.54. The Morgan fingerprint density at radius 2 is 1.69 bits per heavy atom. The van der Waals surface area contributed by atoms with Crippen LogP contribution in [0.5, 0.6) is 0 Å². The third-order valence-corrected chi connectivity index (χ3v) is 6.72. The first-order valence-electron chi connectivity index (χ1n) is 11.6. The molecule has 1 unspecified atom stereocenters. The molecule has 10 heteroatoms. The molecule has 2 rings (SSSR count). The van der Waals surface area contributed by atoms with Gasteiger partial charge < -0.3 is 10.2 Å². The number of rotatable bonds is 13. The van der Waals surface area contributed by atoms with Gasteiger partial charge in [0.2, 0.25) is 21.8 Å². The largest absolute Gasteiger partial charge is 0.354 e. The number of hydrogen-bond donors (Lipinski definition) is 1. The SMILES string of the molecule is CCCCNC(=O)C(C)N(Cc1ccc(F)cc1)C(=O)CCCN(c1ccccc1F)S(C)(=O)=O. The van der Waals surface area contributed by atoms with Crippen molar-refractivity contribution in [1.29, 1.82) is 0 Å². The fourth-order valence-electron chi connectivity index (χ4n) is 3.54. The first-order chi connectivity index (χ1) is 16.5. The van der Waals surface area contributed by atoms with Gasteiger partial charge in [-0.3, -0.25) is 13.9 Å². The van der Waals surface area contributed by atoms with Crippen LogP contribution in [0.15, 0.2) is 48.5 Å². The molecule has 0 radical (unpaired) electrons. The number of amides is 2. The summed E-state index contributed by atoms with van der Waals surface area (Å²) in [7, 11) is -3.79. The lowest BCUT2D eigenvalue weighted by Crippen LogP contribution is -2.48. The first-order valence-corrected chi connectivity index (χ1v) is 13.4. The fraction of sp³-hybridized carbons (Fsp3) is 0.440. The Labute approximate surface area is 206 Å². The quantitative estimate of drug-likeness (QED) is 0.416. The molecule has 2 amide bonds. The fourth-order valence-corrected chi connectivity index (χ4v) is 4.51. The summed E-state index contributed by atoms with van der Waals surface area (Å²) in [6, 6.07) is 10.4. The van der Waals surface area contributed by atoms with Gasteiger partial charge in [0.1, 0.15) is 17.7 Å². The average Bonchev–Trinajstić information content (AvgIpc) is 2.81. The summed E-state index contributed by atoms with van der Waals surface area (Å²) in [5, 5.41) is 2.81. The van der Waals surface area contributed by atoms with E-state index in [1.807, 2.05) is 6.92 Å². The van der Waals surface area contributed by atoms with Crippen LogP contribution in [0.25, 0.3) is 0 Å². The van der Waals surface area contributed by atoms with Gasteiger partial charge in [-0.15, -0.1) is 0 Å². The maximum Gasteiger partial charge on any atom is 0.242 e. The van der Waals surface area contributed by atoms with E-state index in [9.17, 15) is 26.8 Å². The molecule has 0 heterocycles. The van der Waals surface area contributed by atoms with E-state index in [1.165, 1.54) is 41.3 Å². The van der Waals surface area contributed by atoms with Gasteiger partial charge in [-0.25, -0.2) is 17.2 Å². The normalized spacial score (nSPS) is 12.1. The molecule has 0 aliphatic carbocycles. The maximum atomic E-state index is 14.2. The highest BCUT2D eigenvalue weighted by Gasteiger charge is 2.27. The van der Waals surface area contributed by atoms with E-state index in [0.29, 0.717) is 12.1 Å². The van der Waals surface area contributed by atoms with Crippen molar-refractivity contribution in [3.8, 4) is 0 Å². The number of unbranched alkanes of at least 4 members (excludes halogenated alkanes) is 1. The minimum Gasteiger partial charge on any atom is -0.354 e. The van der Waals surface area contributed by atoms with Crippen molar-refractivity contribution >= 4 is 27.5 Å². The summed E-state index contributed by atoms with van der Waals surface area (Å²) in [5.41, 5.74) is 0.561. The van der Waals surface area contributed by atoms with Crippen LogP contribution in [0.2, 0.25) is 0 Å². The molecule has 1 N–H and O–H groups in total. The van der Waals surface area contributed by atoms with E-state index >= 15 is 0 Å². The number of anilines is 1. The van der Waals surface area contributed by atoms with Crippen molar-refractivity contribution in [2.75, 3.05) is 23.7 Å². The van der Waals surface area contributed by atoms with Crippen LogP contribution in [0.3, 0.4) is 0 Å². The lowest BCUT2D eigenvalue weighted by Gasteiger charge is -2.29. The summed E-state index contributed by atoms with van der Waals surface area (Å²) in [4.78, 5) is 27.2. The predicted molar refractivity (Wildman–Crippen MR) is 132 cm³/mol. The molecule has 0 saturated heterocycles. The van der Waals surface area contributed by atoms with E-state index in [-0.39, 0.29) is 43.4 Å². The molecule has 0 spiro atoms. The van der Waals surface area contributed by atoms with Crippen LogP contribution in [-0.4, -0.2) is 50.5 Å². The summed E-state index contributed by atoms with van der Waals surface area (Å²) >= 11 is 0. The second kappa shape index (κ2) is 13.2. The van der Waals surface area contributed by atoms with Gasteiger partial charge in [-0.1, -0.05) is 37.6 Å². The Bertz CT molecular complexity index is 1090. The monoisotopic (exact) mass is 509 g/mol. The van der Waals surface area contributed by atoms with Gasteiger partial charge in [0.25, 0.3) is 0 Å². The lowest BCUT2D eigenvalue weighted by molar-refractivity contribution is -0.140. The summed E-state index contributed by atoms with van der Waals surface area (Å²) in [5.74, 6) is -1.77. The van der Waals surface area contributed by atoms with E-state index in [4.69, 9.17) is 0 Å². The number of carbonyl (C=O) groups is 2. The van der Waals surface area contributed by atoms with Crippen LogP contribution >= 0.6 is 0 Å². The predicted octanol–water partition coefficient (Wildman–Crippen LogP) is 3.84. The number of para-hydroxylation sites is 1. The van der Waals surface area contributed by atoms with Crippen LogP contribution < -0.4 is 9.62 Å². The second-order valence-electron chi connectivity index (χ2n) is 8.36. The Hall–Kier alpha value is -3.01. The molecule has 2 aromatic carbocycles. The Morgan fingerprint density at radius 3 is 2.29 bits per heavy atom. The van der Waals surface area contributed by atoms with Crippen molar-refractivity contribution in [2.45, 2.75) is 52.1 Å². The van der Waals surface area contributed by atoms with Crippen LogP contribution in [0.4, 0.5) is 14.5 Å². The molecule has 0 aromatic heterocycles. The third kappa shape index (κ3) is 8.61. The van der Waals surface area contributed by atoms with E-state index in [2.05, 4.69) is 5.32 Å². The molecule has 2 aromatic rings. The molecular formula is C25H33F2N3O4S.